The normalized spacial score (nSPS) is 12.3. The molecule has 0 saturated heterocycles. The van der Waals surface area contributed by atoms with Crippen molar-refractivity contribution < 1.29 is 0 Å². The smallest absolute Gasteiger partial charge is 0.166 e. The van der Waals surface area contributed by atoms with Crippen LogP contribution in [0.2, 0.25) is 0 Å². The van der Waals surface area contributed by atoms with Crippen molar-refractivity contribution in [2.75, 3.05) is 6.54 Å². The zero-order valence-electron chi connectivity index (χ0n) is 12.7. The minimum atomic E-state index is 0.0191. The topological polar surface area (TPSA) is 24.1 Å². The van der Waals surface area contributed by atoms with Gasteiger partial charge in [0, 0.05) is 17.0 Å². The number of hydrogen-bond donors (Lipinski definition) is 2. The predicted molar refractivity (Wildman–Crippen MR) is 89.9 cm³/mol. The van der Waals surface area contributed by atoms with E-state index < -0.39 is 0 Å². The fourth-order valence-corrected chi connectivity index (χ4v) is 3.56. The van der Waals surface area contributed by atoms with Gasteiger partial charge in [0.15, 0.2) is 5.11 Å². The van der Waals surface area contributed by atoms with Crippen LogP contribution in [0.3, 0.4) is 0 Å². The second-order valence-electron chi connectivity index (χ2n) is 6.83. The van der Waals surface area contributed by atoms with Gasteiger partial charge in [0.25, 0.3) is 0 Å². The Hall–Kier alpha value is -0.610. The zero-order chi connectivity index (χ0) is 14.5. The van der Waals surface area contributed by atoms with Crippen molar-refractivity contribution >= 4 is 28.7 Å². The summed E-state index contributed by atoms with van der Waals surface area (Å²) in [4.78, 5) is 1.39. The lowest BCUT2D eigenvalue weighted by Crippen LogP contribution is -2.50. The average molecular weight is 299 g/mol. The summed E-state index contributed by atoms with van der Waals surface area (Å²) in [5.74, 6) is 0. The molecule has 1 rings (SSSR count). The van der Waals surface area contributed by atoms with Crippen molar-refractivity contribution in [1.29, 1.82) is 0 Å². The second kappa shape index (κ2) is 6.71. The van der Waals surface area contributed by atoms with E-state index >= 15 is 0 Å². The zero-order valence-corrected chi connectivity index (χ0v) is 14.3. The molecule has 0 aliphatic heterocycles. The fourth-order valence-electron chi connectivity index (χ4n) is 2.48. The molecule has 4 heteroatoms. The monoisotopic (exact) mass is 298 g/mol. The predicted octanol–water partition coefficient (Wildman–Crippen LogP) is 3.97. The van der Waals surface area contributed by atoms with Gasteiger partial charge in [-0.1, -0.05) is 26.8 Å². The summed E-state index contributed by atoms with van der Waals surface area (Å²) >= 11 is 7.16. The van der Waals surface area contributed by atoms with Gasteiger partial charge in [-0.05, 0) is 55.8 Å². The van der Waals surface area contributed by atoms with Crippen LogP contribution in [0.4, 0.5) is 0 Å². The van der Waals surface area contributed by atoms with Crippen LogP contribution >= 0.6 is 23.6 Å². The Morgan fingerprint density at radius 1 is 1.26 bits per heavy atom. The Bertz CT molecular complexity index is 389. The van der Waals surface area contributed by atoms with E-state index in [1.807, 2.05) is 0 Å². The summed E-state index contributed by atoms with van der Waals surface area (Å²) in [5.41, 5.74) is 0.314. The van der Waals surface area contributed by atoms with Crippen molar-refractivity contribution in [2.45, 2.75) is 53.0 Å². The molecule has 19 heavy (non-hydrogen) atoms. The Kier molecular flexibility index (Phi) is 5.81. The van der Waals surface area contributed by atoms with Crippen LogP contribution in [0.5, 0.6) is 0 Å². The standard InChI is InChI=1S/C15H26N2S2/c1-14(2,3)11-15(4,5)17-13(18)16-9-8-12-7-6-10-19-12/h6-7,10H,8-9,11H2,1-5H3,(H2,16,17,18). The van der Waals surface area contributed by atoms with Crippen LogP contribution in [-0.4, -0.2) is 17.2 Å². The van der Waals surface area contributed by atoms with Crippen LogP contribution in [0.15, 0.2) is 17.5 Å². The SMILES string of the molecule is CC(C)(C)CC(C)(C)NC(=S)NCCc1cccs1. The highest BCUT2D eigenvalue weighted by molar-refractivity contribution is 7.80. The molecule has 2 N–H and O–H groups in total. The molecule has 1 aromatic rings. The van der Waals surface area contributed by atoms with Crippen molar-refractivity contribution in [3.8, 4) is 0 Å². The van der Waals surface area contributed by atoms with Gasteiger partial charge in [0.05, 0.1) is 0 Å². The van der Waals surface area contributed by atoms with Crippen LogP contribution in [0, 0.1) is 5.41 Å². The van der Waals surface area contributed by atoms with E-state index in [1.165, 1.54) is 4.88 Å². The molecule has 0 saturated carbocycles. The van der Waals surface area contributed by atoms with E-state index in [1.54, 1.807) is 11.3 Å². The highest BCUT2D eigenvalue weighted by Gasteiger charge is 2.25. The molecule has 0 amide bonds. The first-order valence-electron chi connectivity index (χ1n) is 6.76. The summed E-state index contributed by atoms with van der Waals surface area (Å²) in [6, 6.07) is 4.25. The highest BCUT2D eigenvalue weighted by Crippen LogP contribution is 2.26. The lowest BCUT2D eigenvalue weighted by molar-refractivity contribution is 0.266. The Morgan fingerprint density at radius 3 is 2.47 bits per heavy atom. The van der Waals surface area contributed by atoms with Crippen LogP contribution < -0.4 is 10.6 Å². The number of hydrogen-bond acceptors (Lipinski definition) is 2. The molecule has 0 fully saturated rings. The molecule has 0 unspecified atom stereocenters. The third-order valence-electron chi connectivity index (χ3n) is 2.66. The van der Waals surface area contributed by atoms with Crippen LogP contribution in [0.25, 0.3) is 0 Å². The Balaban J connectivity index is 2.30. The molecule has 2 nitrogen and oxygen atoms in total. The van der Waals surface area contributed by atoms with Crippen molar-refractivity contribution in [3.63, 3.8) is 0 Å². The van der Waals surface area contributed by atoms with Gasteiger partial charge in [-0.25, -0.2) is 0 Å². The molecule has 1 aromatic heterocycles. The Labute approximate surface area is 127 Å². The van der Waals surface area contributed by atoms with Crippen LogP contribution in [0.1, 0.15) is 45.9 Å². The molecule has 0 bridgehead atoms. The average Bonchev–Trinajstić information content (AvgIpc) is 2.64. The van der Waals surface area contributed by atoms with Gasteiger partial charge in [-0.3, -0.25) is 0 Å². The highest BCUT2D eigenvalue weighted by atomic mass is 32.1. The largest absolute Gasteiger partial charge is 0.362 e. The van der Waals surface area contributed by atoms with Crippen molar-refractivity contribution in [1.82, 2.24) is 10.6 Å². The maximum atomic E-state index is 5.37. The third kappa shape index (κ3) is 7.53. The van der Waals surface area contributed by atoms with E-state index in [0.717, 1.165) is 24.5 Å². The van der Waals surface area contributed by atoms with E-state index in [4.69, 9.17) is 12.2 Å². The van der Waals surface area contributed by atoms with E-state index in [2.05, 4.69) is 62.8 Å². The summed E-state index contributed by atoms with van der Waals surface area (Å²) in [5, 5.41) is 9.57. The maximum Gasteiger partial charge on any atom is 0.166 e. The molecule has 1 heterocycles. The van der Waals surface area contributed by atoms with Crippen molar-refractivity contribution in [2.24, 2.45) is 5.41 Å². The number of thiocarbonyl (C=S) groups is 1. The molecule has 0 atom stereocenters. The lowest BCUT2D eigenvalue weighted by atomic mass is 9.82. The van der Waals surface area contributed by atoms with Gasteiger partial charge >= 0.3 is 0 Å². The Morgan fingerprint density at radius 2 is 1.95 bits per heavy atom. The van der Waals surface area contributed by atoms with Gasteiger partial charge in [0.2, 0.25) is 0 Å². The molecular weight excluding hydrogens is 272 g/mol. The van der Waals surface area contributed by atoms with Gasteiger partial charge in [-0.2, -0.15) is 0 Å². The van der Waals surface area contributed by atoms with Crippen molar-refractivity contribution in [3.05, 3.63) is 22.4 Å². The van der Waals surface area contributed by atoms with Gasteiger partial charge in [-0.15, -0.1) is 11.3 Å². The molecule has 0 aliphatic carbocycles. The summed E-state index contributed by atoms with van der Waals surface area (Å²) in [7, 11) is 0. The number of rotatable bonds is 5. The van der Waals surface area contributed by atoms with Gasteiger partial charge in [0.1, 0.15) is 0 Å². The maximum absolute atomic E-state index is 5.37. The molecular formula is C15H26N2S2. The summed E-state index contributed by atoms with van der Waals surface area (Å²) in [6.45, 7) is 12.0. The summed E-state index contributed by atoms with van der Waals surface area (Å²) < 4.78 is 0. The minimum Gasteiger partial charge on any atom is -0.362 e. The molecule has 0 aliphatic rings. The number of thiophene rings is 1. The molecule has 0 aromatic carbocycles. The second-order valence-corrected chi connectivity index (χ2v) is 8.27. The molecule has 108 valence electrons. The fraction of sp³-hybridized carbons (Fsp3) is 0.667. The first-order valence-corrected chi connectivity index (χ1v) is 8.05. The van der Waals surface area contributed by atoms with E-state index in [9.17, 15) is 0 Å². The van der Waals surface area contributed by atoms with Gasteiger partial charge < -0.3 is 10.6 Å². The molecule has 0 radical (unpaired) electrons. The molecule has 0 spiro atoms. The lowest BCUT2D eigenvalue weighted by Gasteiger charge is -2.34. The number of nitrogens with one attached hydrogen (secondary N) is 2. The minimum absolute atomic E-state index is 0.0191. The van der Waals surface area contributed by atoms with E-state index in [-0.39, 0.29) is 5.54 Å². The third-order valence-corrected chi connectivity index (χ3v) is 3.84. The summed E-state index contributed by atoms with van der Waals surface area (Å²) in [6.07, 6.45) is 2.10. The van der Waals surface area contributed by atoms with E-state index in [0.29, 0.717) is 5.41 Å². The van der Waals surface area contributed by atoms with Crippen LogP contribution in [-0.2, 0) is 6.42 Å². The first kappa shape index (κ1) is 16.4. The quantitative estimate of drug-likeness (QED) is 0.804. The first-order chi connectivity index (χ1) is 8.68.